The van der Waals surface area contributed by atoms with Gasteiger partial charge in [0.15, 0.2) is 0 Å². The molecule has 0 aliphatic rings. The largest absolute Gasteiger partial charge is 0.296 e. The van der Waals surface area contributed by atoms with Crippen LogP contribution in [0, 0.1) is 6.92 Å². The molecule has 0 N–H and O–H groups in total. The van der Waals surface area contributed by atoms with Crippen molar-refractivity contribution in [3.8, 4) is 0 Å². The van der Waals surface area contributed by atoms with E-state index < -0.39 is 0 Å². The van der Waals surface area contributed by atoms with E-state index in [2.05, 4.69) is 48.3 Å². The first kappa shape index (κ1) is 8.95. The molecule has 0 unspecified atom stereocenters. The van der Waals surface area contributed by atoms with Gasteiger partial charge in [0.25, 0.3) is 0 Å². The maximum Gasteiger partial charge on any atom is 0.0284 e. The van der Waals surface area contributed by atoms with Gasteiger partial charge < -0.3 is 0 Å². The molecule has 0 atom stereocenters. The molecule has 70 valence electrons. The van der Waals surface area contributed by atoms with Crippen molar-refractivity contribution < 1.29 is 0 Å². The maximum absolute atomic E-state index is 4.05. The lowest BCUT2D eigenvalue weighted by molar-refractivity contribution is 1.44. The predicted octanol–water partition coefficient (Wildman–Crippen LogP) is 3.20. The number of nitrogens with zero attached hydrogens (tertiary/aromatic N) is 1. The van der Waals surface area contributed by atoms with Crippen LogP contribution in [-0.4, -0.2) is 13.3 Å². The van der Waals surface area contributed by atoms with Gasteiger partial charge in [-0.15, -0.1) is 0 Å². The van der Waals surface area contributed by atoms with Crippen LogP contribution in [0.3, 0.4) is 0 Å². The van der Waals surface area contributed by atoms with Crippen molar-refractivity contribution in [1.29, 1.82) is 0 Å². The normalized spacial score (nSPS) is 11.3. The fraction of sp³-hybridized carbons (Fsp3) is 0.154. The summed E-state index contributed by atoms with van der Waals surface area (Å²) in [6.07, 6.45) is 1.90. The van der Waals surface area contributed by atoms with E-state index in [1.807, 2.05) is 6.21 Å². The molecule has 2 rings (SSSR count). The summed E-state index contributed by atoms with van der Waals surface area (Å²) in [5, 5.41) is 2.60. The highest BCUT2D eigenvalue weighted by Gasteiger charge is 1.99. The van der Waals surface area contributed by atoms with Crippen LogP contribution in [-0.2, 0) is 0 Å². The fourth-order valence-corrected chi connectivity index (χ4v) is 1.72. The van der Waals surface area contributed by atoms with Crippen molar-refractivity contribution in [3.05, 3.63) is 47.5 Å². The zero-order valence-corrected chi connectivity index (χ0v) is 8.49. The summed E-state index contributed by atoms with van der Waals surface area (Å²) >= 11 is 0. The summed E-state index contributed by atoms with van der Waals surface area (Å²) < 4.78 is 0. The predicted molar refractivity (Wildman–Crippen MR) is 62.2 cm³/mol. The molecule has 1 heteroatoms. The van der Waals surface area contributed by atoms with Crippen LogP contribution in [0.5, 0.6) is 0 Å². The van der Waals surface area contributed by atoms with Gasteiger partial charge in [-0.3, -0.25) is 4.99 Å². The van der Waals surface area contributed by atoms with Gasteiger partial charge in [0, 0.05) is 13.3 Å². The molecule has 14 heavy (non-hydrogen) atoms. The van der Waals surface area contributed by atoms with Crippen LogP contribution in [0.4, 0.5) is 0 Å². The molecule has 1 nitrogen and oxygen atoms in total. The molecule has 0 radical (unpaired) electrons. The highest BCUT2D eigenvalue weighted by atomic mass is 14.6. The third-order valence-corrected chi connectivity index (χ3v) is 2.51. The second-order valence-corrected chi connectivity index (χ2v) is 3.39. The Bertz CT molecular complexity index is 484. The van der Waals surface area contributed by atoms with E-state index >= 15 is 0 Å². The molecular weight excluding hydrogens is 170 g/mol. The first-order chi connectivity index (χ1) is 6.83. The molecule has 0 amide bonds. The minimum atomic E-state index is 1.20. The molecular formula is C13H13N. The number of aryl methyl sites for hydroxylation is 1. The van der Waals surface area contributed by atoms with Crippen molar-refractivity contribution in [3.63, 3.8) is 0 Å². The fourth-order valence-electron chi connectivity index (χ4n) is 1.72. The number of fused-ring (bicyclic) bond motifs is 1. The topological polar surface area (TPSA) is 12.4 Å². The third kappa shape index (κ3) is 1.41. The highest BCUT2D eigenvalue weighted by molar-refractivity contribution is 5.94. The Morgan fingerprint density at radius 3 is 2.64 bits per heavy atom. The van der Waals surface area contributed by atoms with Crippen molar-refractivity contribution in [2.45, 2.75) is 6.92 Å². The van der Waals surface area contributed by atoms with Crippen LogP contribution in [0.1, 0.15) is 11.1 Å². The first-order valence-corrected chi connectivity index (χ1v) is 4.73. The summed E-state index contributed by atoms with van der Waals surface area (Å²) in [5.74, 6) is 0. The van der Waals surface area contributed by atoms with Gasteiger partial charge in [-0.05, 0) is 28.8 Å². The number of hydrogen-bond acceptors (Lipinski definition) is 1. The molecule has 0 bridgehead atoms. The van der Waals surface area contributed by atoms with Crippen LogP contribution < -0.4 is 0 Å². The molecule has 0 saturated heterocycles. The zero-order valence-electron chi connectivity index (χ0n) is 8.49. The highest BCUT2D eigenvalue weighted by Crippen LogP contribution is 2.20. The summed E-state index contributed by atoms with van der Waals surface area (Å²) in [6, 6.07) is 12.7. The van der Waals surface area contributed by atoms with Crippen LogP contribution >= 0.6 is 0 Å². The van der Waals surface area contributed by atoms with E-state index in [4.69, 9.17) is 0 Å². The Labute approximate surface area is 84.1 Å². The zero-order chi connectivity index (χ0) is 9.97. The van der Waals surface area contributed by atoms with Gasteiger partial charge in [-0.2, -0.15) is 0 Å². The lowest BCUT2D eigenvalue weighted by atomic mass is 10.0. The number of aliphatic imine (C=N–C) groups is 1. The molecule has 2 aromatic rings. The summed E-state index contributed by atoms with van der Waals surface area (Å²) in [4.78, 5) is 4.05. The Morgan fingerprint density at radius 2 is 1.86 bits per heavy atom. The van der Waals surface area contributed by atoms with Gasteiger partial charge in [-0.25, -0.2) is 0 Å². The minimum Gasteiger partial charge on any atom is -0.296 e. The SMILES string of the molecule is CN=Cc1ccc2ccccc2c1C. The van der Waals surface area contributed by atoms with Gasteiger partial charge in [0.2, 0.25) is 0 Å². The van der Waals surface area contributed by atoms with Crippen molar-refractivity contribution in [2.75, 3.05) is 7.05 Å². The van der Waals surface area contributed by atoms with Gasteiger partial charge >= 0.3 is 0 Å². The first-order valence-electron chi connectivity index (χ1n) is 4.73. The summed E-state index contributed by atoms with van der Waals surface area (Å²) in [6.45, 7) is 2.14. The van der Waals surface area contributed by atoms with Gasteiger partial charge in [0.1, 0.15) is 0 Å². The minimum absolute atomic E-state index is 1.20. The van der Waals surface area contributed by atoms with E-state index in [9.17, 15) is 0 Å². The Morgan fingerprint density at radius 1 is 1.07 bits per heavy atom. The van der Waals surface area contributed by atoms with Crippen molar-refractivity contribution in [2.24, 2.45) is 4.99 Å². The average molecular weight is 183 g/mol. The third-order valence-electron chi connectivity index (χ3n) is 2.51. The quantitative estimate of drug-likeness (QED) is 0.602. The van der Waals surface area contributed by atoms with E-state index in [0.717, 1.165) is 0 Å². The molecule has 2 aromatic carbocycles. The molecule has 0 saturated carbocycles. The molecule has 0 aliphatic carbocycles. The molecule has 0 fully saturated rings. The second kappa shape index (κ2) is 3.62. The molecule has 0 heterocycles. The maximum atomic E-state index is 4.05. The van der Waals surface area contributed by atoms with Crippen molar-refractivity contribution >= 4 is 17.0 Å². The van der Waals surface area contributed by atoms with Crippen molar-refractivity contribution in [1.82, 2.24) is 0 Å². The number of benzene rings is 2. The van der Waals surface area contributed by atoms with E-state index in [1.54, 1.807) is 7.05 Å². The Balaban J connectivity index is 2.75. The van der Waals surface area contributed by atoms with E-state index in [1.165, 1.54) is 21.9 Å². The summed E-state index contributed by atoms with van der Waals surface area (Å²) in [5.41, 5.74) is 2.50. The van der Waals surface area contributed by atoms with E-state index in [0.29, 0.717) is 0 Å². The Hall–Kier alpha value is -1.63. The molecule has 0 aliphatic heterocycles. The monoisotopic (exact) mass is 183 g/mol. The molecule has 0 aromatic heterocycles. The number of rotatable bonds is 1. The van der Waals surface area contributed by atoms with Gasteiger partial charge in [-0.1, -0.05) is 36.4 Å². The van der Waals surface area contributed by atoms with Gasteiger partial charge in [0.05, 0.1) is 0 Å². The molecule has 0 spiro atoms. The second-order valence-electron chi connectivity index (χ2n) is 3.39. The lowest BCUT2D eigenvalue weighted by Gasteiger charge is -2.04. The van der Waals surface area contributed by atoms with E-state index in [-0.39, 0.29) is 0 Å². The van der Waals surface area contributed by atoms with Crippen LogP contribution in [0.15, 0.2) is 41.4 Å². The average Bonchev–Trinajstić information content (AvgIpc) is 2.23. The number of hydrogen-bond donors (Lipinski definition) is 0. The lowest BCUT2D eigenvalue weighted by Crippen LogP contribution is -1.88. The summed E-state index contributed by atoms with van der Waals surface area (Å²) in [7, 11) is 1.80. The Kier molecular flexibility index (Phi) is 2.32. The standard InChI is InChI=1S/C13H13N/c1-10-12(9-14-2)8-7-11-5-3-4-6-13(10)11/h3-9H,1-2H3. The van der Waals surface area contributed by atoms with Crippen LogP contribution in [0.25, 0.3) is 10.8 Å². The van der Waals surface area contributed by atoms with Crippen LogP contribution in [0.2, 0.25) is 0 Å². The smallest absolute Gasteiger partial charge is 0.0284 e.